The van der Waals surface area contributed by atoms with Gasteiger partial charge in [0.1, 0.15) is 0 Å². The summed E-state index contributed by atoms with van der Waals surface area (Å²) in [5.41, 5.74) is 13.6. The van der Waals surface area contributed by atoms with E-state index in [0.717, 1.165) is 49.2 Å². The molecule has 0 spiro atoms. The molecular formula is C25H44N6. The van der Waals surface area contributed by atoms with E-state index < -0.39 is 0 Å². The fourth-order valence-corrected chi connectivity index (χ4v) is 8.11. The number of nitriles is 1. The first-order chi connectivity index (χ1) is 15.0. The Kier molecular flexibility index (Phi) is 6.35. The van der Waals surface area contributed by atoms with Crippen LogP contribution in [0.4, 0.5) is 0 Å². The highest BCUT2D eigenvalue weighted by atomic mass is 15.4. The lowest BCUT2D eigenvalue weighted by atomic mass is 9.60. The maximum atomic E-state index is 9.56. The first kappa shape index (κ1) is 22.1. The summed E-state index contributed by atoms with van der Waals surface area (Å²) in [6.45, 7) is 7.52. The third-order valence-corrected chi connectivity index (χ3v) is 10.0. The molecule has 0 bridgehead atoms. The molecule has 0 aromatic rings. The lowest BCUT2D eigenvalue weighted by Gasteiger charge is -2.50. The molecule has 8 unspecified atom stereocenters. The van der Waals surface area contributed by atoms with Crippen molar-refractivity contribution >= 4 is 0 Å². The Morgan fingerprint density at radius 3 is 2.35 bits per heavy atom. The molecule has 5 aliphatic rings. The van der Waals surface area contributed by atoms with Crippen molar-refractivity contribution in [2.45, 2.75) is 89.4 Å². The van der Waals surface area contributed by atoms with Crippen LogP contribution < -0.4 is 27.2 Å². The van der Waals surface area contributed by atoms with Gasteiger partial charge in [0, 0.05) is 37.3 Å². The number of hydrogen-bond donors (Lipinski definition) is 5. The van der Waals surface area contributed by atoms with Gasteiger partial charge >= 0.3 is 0 Å². The number of nitrogens with one attached hydrogen (secondary N) is 4. The van der Waals surface area contributed by atoms with E-state index in [1.807, 2.05) is 0 Å². The molecule has 0 aromatic carbocycles. The van der Waals surface area contributed by atoms with Crippen LogP contribution in [0.25, 0.3) is 0 Å². The molecule has 6 nitrogen and oxygen atoms in total. The third-order valence-electron chi connectivity index (χ3n) is 10.0. The Morgan fingerprint density at radius 1 is 0.839 bits per heavy atom. The van der Waals surface area contributed by atoms with E-state index in [2.05, 4.69) is 41.4 Å². The quantitative estimate of drug-likeness (QED) is 0.472. The molecular weight excluding hydrogens is 384 g/mol. The van der Waals surface area contributed by atoms with Gasteiger partial charge in [0.25, 0.3) is 0 Å². The van der Waals surface area contributed by atoms with Gasteiger partial charge in [-0.15, -0.1) is 0 Å². The topological polar surface area (TPSA) is 97.9 Å². The van der Waals surface area contributed by atoms with Crippen LogP contribution in [-0.2, 0) is 0 Å². The summed E-state index contributed by atoms with van der Waals surface area (Å²) in [6.07, 6.45) is 10.2. The van der Waals surface area contributed by atoms with Crippen LogP contribution in [0.1, 0.15) is 65.2 Å². The maximum Gasteiger partial charge on any atom is 0.0686 e. The minimum atomic E-state index is -0.180. The number of nitrogens with two attached hydrogens (primary N) is 1. The second kappa shape index (κ2) is 8.91. The Hall–Kier alpha value is -0.710. The fraction of sp³-hybridized carbons (Fsp3) is 0.960. The molecule has 8 atom stereocenters. The number of fused-ring (bicyclic) bond motifs is 3. The molecule has 0 aromatic heterocycles. The van der Waals surface area contributed by atoms with Crippen molar-refractivity contribution in [2.24, 2.45) is 46.7 Å². The largest absolute Gasteiger partial charge is 0.327 e. The molecule has 174 valence electrons. The predicted octanol–water partition coefficient (Wildman–Crippen LogP) is 2.13. The molecule has 2 aliphatic carbocycles. The van der Waals surface area contributed by atoms with E-state index in [-0.39, 0.29) is 5.41 Å². The first-order valence-electron chi connectivity index (χ1n) is 13.1. The van der Waals surface area contributed by atoms with Gasteiger partial charge in [-0.2, -0.15) is 5.26 Å². The van der Waals surface area contributed by atoms with Crippen LogP contribution in [0.15, 0.2) is 0 Å². The molecule has 5 rings (SSSR count). The van der Waals surface area contributed by atoms with Gasteiger partial charge in [0.05, 0.1) is 11.5 Å². The summed E-state index contributed by atoms with van der Waals surface area (Å²) in [4.78, 5) is 0. The molecule has 3 heterocycles. The van der Waals surface area contributed by atoms with E-state index in [9.17, 15) is 5.26 Å². The van der Waals surface area contributed by atoms with Crippen LogP contribution >= 0.6 is 0 Å². The maximum absolute atomic E-state index is 9.56. The zero-order valence-corrected chi connectivity index (χ0v) is 19.6. The van der Waals surface area contributed by atoms with Crippen LogP contribution in [0.5, 0.6) is 0 Å². The van der Waals surface area contributed by atoms with Crippen LogP contribution in [0, 0.1) is 52.3 Å². The molecule has 5 fully saturated rings. The molecule has 31 heavy (non-hydrogen) atoms. The summed E-state index contributed by atoms with van der Waals surface area (Å²) in [6, 6.07) is 4.75. The smallest absolute Gasteiger partial charge is 0.0686 e. The molecule has 6 N–H and O–H groups in total. The summed E-state index contributed by atoms with van der Waals surface area (Å²) < 4.78 is 0. The molecule has 3 aliphatic heterocycles. The highest BCUT2D eigenvalue weighted by Gasteiger charge is 2.52. The van der Waals surface area contributed by atoms with Gasteiger partial charge in [0.15, 0.2) is 0 Å². The predicted molar refractivity (Wildman–Crippen MR) is 124 cm³/mol. The molecule has 3 saturated heterocycles. The number of rotatable bonds is 3. The van der Waals surface area contributed by atoms with Crippen molar-refractivity contribution in [1.82, 2.24) is 21.5 Å². The first-order valence-corrected chi connectivity index (χ1v) is 13.1. The van der Waals surface area contributed by atoms with E-state index in [1.165, 1.54) is 51.4 Å². The highest BCUT2D eigenvalue weighted by molar-refractivity contribution is 5.08. The second-order valence-electron chi connectivity index (χ2n) is 12.1. The SMILES string of the molecule is CC(C)(C#N)C1CCC(C2NNC3CNC4CCC(C5CNCC(N)C5)CC4C32)CC1. The van der Waals surface area contributed by atoms with Crippen LogP contribution in [0.2, 0.25) is 0 Å². The molecule has 6 heteroatoms. The van der Waals surface area contributed by atoms with Crippen molar-refractivity contribution in [2.75, 3.05) is 19.6 Å². The lowest BCUT2D eigenvalue weighted by molar-refractivity contribution is 0.0456. The van der Waals surface area contributed by atoms with Crippen molar-refractivity contribution in [3.05, 3.63) is 0 Å². The van der Waals surface area contributed by atoms with E-state index in [1.54, 1.807) is 0 Å². The van der Waals surface area contributed by atoms with E-state index in [0.29, 0.717) is 30.1 Å². The third kappa shape index (κ3) is 4.29. The van der Waals surface area contributed by atoms with Gasteiger partial charge < -0.3 is 16.4 Å². The average molecular weight is 429 g/mol. The summed E-state index contributed by atoms with van der Waals surface area (Å²) in [5.74, 6) is 4.41. The number of hydrogen-bond acceptors (Lipinski definition) is 6. The van der Waals surface area contributed by atoms with Gasteiger partial charge in [-0.3, -0.25) is 10.9 Å². The number of piperidine rings is 2. The van der Waals surface area contributed by atoms with Crippen molar-refractivity contribution in [3.8, 4) is 6.07 Å². The number of nitrogens with zero attached hydrogens (tertiary/aromatic N) is 1. The molecule has 0 amide bonds. The fourth-order valence-electron chi connectivity index (χ4n) is 8.11. The zero-order chi connectivity index (χ0) is 21.6. The summed E-state index contributed by atoms with van der Waals surface area (Å²) in [5, 5.41) is 17.1. The minimum Gasteiger partial charge on any atom is -0.327 e. The van der Waals surface area contributed by atoms with Gasteiger partial charge in [-0.05, 0) is 107 Å². The van der Waals surface area contributed by atoms with Gasteiger partial charge in [-0.25, -0.2) is 0 Å². The molecule has 2 saturated carbocycles. The van der Waals surface area contributed by atoms with Crippen molar-refractivity contribution < 1.29 is 0 Å². The Balaban J connectivity index is 1.26. The van der Waals surface area contributed by atoms with Gasteiger partial charge in [-0.1, -0.05) is 0 Å². The van der Waals surface area contributed by atoms with Crippen molar-refractivity contribution in [1.29, 1.82) is 5.26 Å². The second-order valence-corrected chi connectivity index (χ2v) is 12.1. The van der Waals surface area contributed by atoms with E-state index >= 15 is 0 Å². The van der Waals surface area contributed by atoms with Crippen LogP contribution in [-0.4, -0.2) is 43.8 Å². The highest BCUT2D eigenvalue weighted by Crippen LogP contribution is 2.48. The molecule has 0 radical (unpaired) electrons. The Morgan fingerprint density at radius 2 is 1.61 bits per heavy atom. The van der Waals surface area contributed by atoms with Crippen molar-refractivity contribution in [3.63, 3.8) is 0 Å². The summed E-state index contributed by atoms with van der Waals surface area (Å²) in [7, 11) is 0. The summed E-state index contributed by atoms with van der Waals surface area (Å²) >= 11 is 0. The average Bonchev–Trinajstić information content (AvgIpc) is 3.23. The Labute approximate surface area is 188 Å². The minimum absolute atomic E-state index is 0.180. The monoisotopic (exact) mass is 428 g/mol. The zero-order valence-electron chi connectivity index (χ0n) is 19.6. The lowest BCUT2D eigenvalue weighted by Crippen LogP contribution is -2.59. The standard InChI is InChI=1S/C25H44N6/c1-25(2,14-26)18-6-3-15(4-7-18)24-23-20-10-16(17-9-19(27)12-28-11-17)5-8-21(20)29-13-22(23)30-31-24/h15-24,28-31H,3-13,27H2,1-2H3. The Bertz CT molecular complexity index is 665. The van der Waals surface area contributed by atoms with E-state index in [4.69, 9.17) is 5.73 Å². The van der Waals surface area contributed by atoms with Crippen LogP contribution in [0.3, 0.4) is 0 Å². The van der Waals surface area contributed by atoms with Gasteiger partial charge in [0.2, 0.25) is 0 Å². The normalized spacial score (nSPS) is 48.5. The number of hydrazine groups is 1.